The fourth-order valence-electron chi connectivity index (χ4n) is 1.70. The van der Waals surface area contributed by atoms with E-state index in [1.54, 1.807) is 6.07 Å². The second kappa shape index (κ2) is 8.31. The molecule has 1 atom stereocenters. The Kier molecular flexibility index (Phi) is 6.97. The van der Waals surface area contributed by atoms with Crippen molar-refractivity contribution >= 4 is 11.8 Å². The number of benzene rings is 1. The molecule has 0 radical (unpaired) electrons. The lowest BCUT2D eigenvalue weighted by Crippen LogP contribution is -2.24. The summed E-state index contributed by atoms with van der Waals surface area (Å²) in [6.07, 6.45) is 2.80. The largest absolute Gasteiger partial charge is 0.309 e. The average molecular weight is 253 g/mol. The highest BCUT2D eigenvalue weighted by Crippen LogP contribution is 2.19. The van der Waals surface area contributed by atoms with E-state index in [0.29, 0.717) is 0 Å². The lowest BCUT2D eigenvalue weighted by Gasteiger charge is -2.17. The molecule has 0 bridgehead atoms. The van der Waals surface area contributed by atoms with Crippen LogP contribution in [0.3, 0.4) is 0 Å². The van der Waals surface area contributed by atoms with Gasteiger partial charge in [0.2, 0.25) is 0 Å². The van der Waals surface area contributed by atoms with Gasteiger partial charge in [-0.25, -0.2) is 4.39 Å². The van der Waals surface area contributed by atoms with E-state index in [0.717, 1.165) is 30.0 Å². The van der Waals surface area contributed by atoms with Crippen molar-refractivity contribution in [2.75, 3.05) is 18.1 Å². The summed E-state index contributed by atoms with van der Waals surface area (Å²) in [5, 5.41) is 3.39. The summed E-state index contributed by atoms with van der Waals surface area (Å²) < 4.78 is 13.6. The third-order valence-electron chi connectivity index (χ3n) is 2.56. The Morgan fingerprint density at radius 2 is 2.24 bits per heavy atom. The van der Waals surface area contributed by atoms with Crippen molar-refractivity contribution in [1.29, 1.82) is 0 Å². The fourth-order valence-corrected chi connectivity index (χ4v) is 2.30. The summed E-state index contributed by atoms with van der Waals surface area (Å²) in [5.41, 5.74) is 0.767. The van der Waals surface area contributed by atoms with Crippen LogP contribution >= 0.6 is 11.8 Å². The molecule has 1 aromatic rings. The van der Waals surface area contributed by atoms with Gasteiger partial charge in [0, 0.05) is 29.7 Å². The van der Waals surface area contributed by atoms with Gasteiger partial charge < -0.3 is 5.32 Å². The number of thioether (sulfide) groups is 1. The first kappa shape index (κ1) is 14.3. The Hall–Kier alpha value is -0.800. The maximum absolute atomic E-state index is 13.6. The Labute approximate surface area is 107 Å². The van der Waals surface area contributed by atoms with Crippen molar-refractivity contribution in [3.05, 3.63) is 48.3 Å². The topological polar surface area (TPSA) is 12.0 Å². The van der Waals surface area contributed by atoms with E-state index in [1.807, 2.05) is 30.0 Å². The van der Waals surface area contributed by atoms with Gasteiger partial charge in [-0.3, -0.25) is 0 Å². The minimum atomic E-state index is -0.120. The van der Waals surface area contributed by atoms with Crippen molar-refractivity contribution in [2.45, 2.75) is 19.4 Å². The second-order valence-corrected chi connectivity index (χ2v) is 4.95. The van der Waals surface area contributed by atoms with Crippen molar-refractivity contribution < 1.29 is 4.39 Å². The molecule has 1 unspecified atom stereocenters. The standard InChI is InChI=1S/C14H20FNS/c1-3-10-17-11-9-16-14(4-2)12-7-5-6-8-13(12)15/h3,5-8,14,16H,1,4,9-11H2,2H3. The molecule has 1 nitrogen and oxygen atoms in total. The first-order valence-corrected chi connectivity index (χ1v) is 7.11. The van der Waals surface area contributed by atoms with E-state index in [1.165, 1.54) is 6.07 Å². The highest BCUT2D eigenvalue weighted by Gasteiger charge is 2.11. The molecule has 94 valence electrons. The molecule has 0 saturated heterocycles. The highest BCUT2D eigenvalue weighted by molar-refractivity contribution is 7.99. The Morgan fingerprint density at radius 1 is 1.47 bits per heavy atom. The number of hydrogen-bond donors (Lipinski definition) is 1. The number of rotatable bonds is 8. The van der Waals surface area contributed by atoms with Gasteiger partial charge in [0.05, 0.1) is 0 Å². The zero-order valence-corrected chi connectivity index (χ0v) is 11.1. The molecule has 0 spiro atoms. The molecule has 1 rings (SSSR count). The van der Waals surface area contributed by atoms with Crippen LogP contribution in [0.4, 0.5) is 4.39 Å². The Balaban J connectivity index is 2.43. The normalized spacial score (nSPS) is 12.4. The fraction of sp³-hybridized carbons (Fsp3) is 0.429. The molecule has 17 heavy (non-hydrogen) atoms. The van der Waals surface area contributed by atoms with E-state index in [2.05, 4.69) is 18.8 Å². The molecule has 0 heterocycles. The quantitative estimate of drug-likeness (QED) is 0.559. The van der Waals surface area contributed by atoms with Gasteiger partial charge in [0.15, 0.2) is 0 Å². The molecule has 1 N–H and O–H groups in total. The van der Waals surface area contributed by atoms with Gasteiger partial charge in [0.25, 0.3) is 0 Å². The summed E-state index contributed by atoms with van der Waals surface area (Å²) in [6.45, 7) is 6.64. The smallest absolute Gasteiger partial charge is 0.127 e. The van der Waals surface area contributed by atoms with Gasteiger partial charge in [-0.15, -0.1) is 6.58 Å². The molecule has 0 amide bonds. The molecule has 0 aromatic heterocycles. The van der Waals surface area contributed by atoms with E-state index in [9.17, 15) is 4.39 Å². The molecule has 0 aliphatic carbocycles. The van der Waals surface area contributed by atoms with Crippen LogP contribution in [-0.4, -0.2) is 18.1 Å². The van der Waals surface area contributed by atoms with Crippen LogP contribution in [-0.2, 0) is 0 Å². The minimum absolute atomic E-state index is 0.112. The van der Waals surface area contributed by atoms with Crippen LogP contribution in [0.15, 0.2) is 36.9 Å². The zero-order valence-electron chi connectivity index (χ0n) is 10.3. The van der Waals surface area contributed by atoms with Crippen LogP contribution in [0.1, 0.15) is 24.9 Å². The monoisotopic (exact) mass is 253 g/mol. The predicted octanol–water partition coefficient (Wildman–Crippen LogP) is 3.79. The van der Waals surface area contributed by atoms with Gasteiger partial charge >= 0.3 is 0 Å². The first-order chi connectivity index (χ1) is 8.29. The van der Waals surface area contributed by atoms with Crippen molar-refractivity contribution in [2.24, 2.45) is 0 Å². The number of nitrogens with one attached hydrogen (secondary N) is 1. The van der Waals surface area contributed by atoms with Crippen molar-refractivity contribution in [3.8, 4) is 0 Å². The predicted molar refractivity (Wildman–Crippen MR) is 75.0 cm³/mol. The number of halogens is 1. The van der Waals surface area contributed by atoms with Gasteiger partial charge in [-0.2, -0.15) is 11.8 Å². The molecule has 0 saturated carbocycles. The van der Waals surface area contributed by atoms with Crippen molar-refractivity contribution in [1.82, 2.24) is 5.32 Å². The van der Waals surface area contributed by atoms with E-state index >= 15 is 0 Å². The molecule has 1 aromatic carbocycles. The number of hydrogen-bond acceptors (Lipinski definition) is 2. The van der Waals surface area contributed by atoms with Gasteiger partial charge in [-0.1, -0.05) is 31.2 Å². The van der Waals surface area contributed by atoms with E-state index < -0.39 is 0 Å². The van der Waals surface area contributed by atoms with Crippen LogP contribution in [0.5, 0.6) is 0 Å². The maximum Gasteiger partial charge on any atom is 0.127 e. The Bertz CT molecular complexity index is 341. The average Bonchev–Trinajstić information content (AvgIpc) is 2.35. The molecule has 3 heteroatoms. The van der Waals surface area contributed by atoms with Gasteiger partial charge in [0.1, 0.15) is 5.82 Å². The third kappa shape index (κ3) is 4.92. The molecule has 0 aliphatic heterocycles. The van der Waals surface area contributed by atoms with Crippen LogP contribution in [0.2, 0.25) is 0 Å². The lowest BCUT2D eigenvalue weighted by atomic mass is 10.0. The van der Waals surface area contributed by atoms with Gasteiger partial charge in [-0.05, 0) is 12.5 Å². The lowest BCUT2D eigenvalue weighted by molar-refractivity contribution is 0.503. The molecule has 0 aliphatic rings. The second-order valence-electron chi connectivity index (χ2n) is 3.80. The van der Waals surface area contributed by atoms with Crippen LogP contribution < -0.4 is 5.32 Å². The van der Waals surface area contributed by atoms with Crippen LogP contribution in [0.25, 0.3) is 0 Å². The van der Waals surface area contributed by atoms with Crippen molar-refractivity contribution in [3.63, 3.8) is 0 Å². The third-order valence-corrected chi connectivity index (χ3v) is 3.53. The molecule has 0 fully saturated rings. The molecular weight excluding hydrogens is 233 g/mol. The maximum atomic E-state index is 13.6. The highest BCUT2D eigenvalue weighted by atomic mass is 32.2. The first-order valence-electron chi connectivity index (χ1n) is 5.96. The summed E-state index contributed by atoms with van der Waals surface area (Å²) in [5.74, 6) is 1.88. The summed E-state index contributed by atoms with van der Waals surface area (Å²) >= 11 is 1.83. The summed E-state index contributed by atoms with van der Waals surface area (Å²) in [7, 11) is 0. The Morgan fingerprint density at radius 3 is 2.88 bits per heavy atom. The summed E-state index contributed by atoms with van der Waals surface area (Å²) in [4.78, 5) is 0. The SMILES string of the molecule is C=CCSCCNC(CC)c1ccccc1F. The summed E-state index contributed by atoms with van der Waals surface area (Å²) in [6, 6.07) is 7.10. The van der Waals surface area contributed by atoms with E-state index in [-0.39, 0.29) is 11.9 Å². The minimum Gasteiger partial charge on any atom is -0.309 e. The zero-order chi connectivity index (χ0) is 12.5. The molecular formula is C14H20FNS. The van der Waals surface area contributed by atoms with Crippen LogP contribution in [0, 0.1) is 5.82 Å². The van der Waals surface area contributed by atoms with E-state index in [4.69, 9.17) is 0 Å².